The van der Waals surface area contributed by atoms with Crippen LogP contribution in [0.1, 0.15) is 11.1 Å². The molecule has 0 spiro atoms. The molecular weight excluding hydrogens is 314 g/mol. The van der Waals surface area contributed by atoms with Crippen LogP contribution in [0.15, 0.2) is 72.2 Å². The van der Waals surface area contributed by atoms with Gasteiger partial charge < -0.3 is 20.4 Å². The predicted octanol–water partition coefficient (Wildman–Crippen LogP) is 2.87. The van der Waals surface area contributed by atoms with E-state index in [0.29, 0.717) is 12.5 Å². The Labute approximate surface area is 147 Å². The Balaban J connectivity index is 1.54. The lowest BCUT2D eigenvalue weighted by Crippen LogP contribution is -2.22. The molecule has 0 saturated heterocycles. The SMILES string of the molecule is COc1ccc(NC(N)=NCc2ccc(Cn3ccnc3)cc2)cc1. The number of hydrogen-bond acceptors (Lipinski definition) is 3. The lowest BCUT2D eigenvalue weighted by atomic mass is 10.1. The monoisotopic (exact) mass is 335 g/mol. The van der Waals surface area contributed by atoms with E-state index < -0.39 is 0 Å². The van der Waals surface area contributed by atoms with Crippen LogP contribution in [0.3, 0.4) is 0 Å². The van der Waals surface area contributed by atoms with Crippen LogP contribution in [0.5, 0.6) is 5.75 Å². The van der Waals surface area contributed by atoms with Gasteiger partial charge in [-0.15, -0.1) is 0 Å². The largest absolute Gasteiger partial charge is 0.497 e. The predicted molar refractivity (Wildman–Crippen MR) is 99.7 cm³/mol. The van der Waals surface area contributed by atoms with Crippen LogP contribution in [0.4, 0.5) is 5.69 Å². The Kier molecular flexibility index (Phi) is 5.31. The summed E-state index contributed by atoms with van der Waals surface area (Å²) in [6.07, 6.45) is 5.54. The number of benzene rings is 2. The maximum atomic E-state index is 5.94. The van der Waals surface area contributed by atoms with Crippen LogP contribution in [0, 0.1) is 0 Å². The lowest BCUT2D eigenvalue weighted by Gasteiger charge is -2.07. The van der Waals surface area contributed by atoms with Crippen LogP contribution in [0.2, 0.25) is 0 Å². The van der Waals surface area contributed by atoms with Crippen molar-refractivity contribution in [2.75, 3.05) is 12.4 Å². The van der Waals surface area contributed by atoms with E-state index in [9.17, 15) is 0 Å². The number of guanidine groups is 1. The van der Waals surface area contributed by atoms with Gasteiger partial charge in [0.15, 0.2) is 5.96 Å². The number of hydrogen-bond donors (Lipinski definition) is 2. The molecule has 1 heterocycles. The van der Waals surface area contributed by atoms with Gasteiger partial charge in [-0.2, -0.15) is 0 Å². The second-order valence-corrected chi connectivity index (χ2v) is 5.61. The molecule has 0 aliphatic heterocycles. The number of anilines is 1. The van der Waals surface area contributed by atoms with Gasteiger partial charge in [0.1, 0.15) is 5.75 Å². The Morgan fingerprint density at radius 1 is 1.12 bits per heavy atom. The number of aromatic nitrogens is 2. The molecule has 6 nitrogen and oxygen atoms in total. The molecule has 2 aromatic carbocycles. The van der Waals surface area contributed by atoms with Gasteiger partial charge in [0, 0.05) is 24.6 Å². The highest BCUT2D eigenvalue weighted by molar-refractivity contribution is 5.92. The summed E-state index contributed by atoms with van der Waals surface area (Å²) in [7, 11) is 1.64. The zero-order valence-corrected chi connectivity index (χ0v) is 14.1. The minimum Gasteiger partial charge on any atom is -0.497 e. The Hall–Kier alpha value is -3.28. The fourth-order valence-corrected chi connectivity index (χ4v) is 2.38. The van der Waals surface area contributed by atoms with Crippen molar-refractivity contribution >= 4 is 11.6 Å². The molecule has 0 aliphatic carbocycles. The van der Waals surface area contributed by atoms with Crippen LogP contribution in [-0.2, 0) is 13.1 Å². The average molecular weight is 335 g/mol. The van der Waals surface area contributed by atoms with E-state index in [2.05, 4.69) is 39.6 Å². The van der Waals surface area contributed by atoms with Crippen molar-refractivity contribution in [3.63, 3.8) is 0 Å². The van der Waals surface area contributed by atoms with Crippen LogP contribution >= 0.6 is 0 Å². The van der Waals surface area contributed by atoms with Crippen molar-refractivity contribution in [3.05, 3.63) is 78.4 Å². The van der Waals surface area contributed by atoms with Gasteiger partial charge >= 0.3 is 0 Å². The van der Waals surface area contributed by atoms with Crippen LogP contribution in [0.25, 0.3) is 0 Å². The molecular formula is C19H21N5O. The molecule has 25 heavy (non-hydrogen) atoms. The number of imidazole rings is 1. The standard InChI is InChI=1S/C19H21N5O/c1-25-18-8-6-17(7-9-18)23-19(20)22-12-15-2-4-16(5-3-15)13-24-11-10-21-14-24/h2-11,14H,12-13H2,1H3,(H3,20,22,23). The molecule has 1 aromatic heterocycles. The fourth-order valence-electron chi connectivity index (χ4n) is 2.38. The third-order valence-electron chi connectivity index (χ3n) is 3.74. The number of rotatable bonds is 6. The molecule has 0 aliphatic rings. The van der Waals surface area contributed by atoms with Gasteiger partial charge in [-0.3, -0.25) is 0 Å². The summed E-state index contributed by atoms with van der Waals surface area (Å²) in [6.45, 7) is 1.34. The molecule has 0 amide bonds. The molecule has 0 unspecified atom stereocenters. The van der Waals surface area contributed by atoms with Gasteiger partial charge in [0.25, 0.3) is 0 Å². The van der Waals surface area contributed by atoms with Crippen molar-refractivity contribution in [3.8, 4) is 5.75 Å². The molecule has 0 atom stereocenters. The van der Waals surface area contributed by atoms with Crippen LogP contribution in [-0.4, -0.2) is 22.6 Å². The van der Waals surface area contributed by atoms with E-state index in [-0.39, 0.29) is 0 Å². The summed E-state index contributed by atoms with van der Waals surface area (Å²) in [5, 5.41) is 3.07. The van der Waals surface area contributed by atoms with Gasteiger partial charge in [0.05, 0.1) is 20.0 Å². The van der Waals surface area contributed by atoms with Crippen molar-refractivity contribution in [2.24, 2.45) is 10.7 Å². The normalized spacial score (nSPS) is 11.3. The minimum absolute atomic E-state index is 0.382. The average Bonchev–Trinajstić information content (AvgIpc) is 3.15. The summed E-state index contributed by atoms with van der Waals surface area (Å²) in [5.41, 5.74) is 9.14. The Bertz CT molecular complexity index is 808. The number of nitrogens with one attached hydrogen (secondary N) is 1. The maximum absolute atomic E-state index is 5.94. The first-order valence-corrected chi connectivity index (χ1v) is 7.97. The highest BCUT2D eigenvalue weighted by Gasteiger charge is 1.98. The molecule has 128 valence electrons. The number of ether oxygens (including phenoxy) is 1. The second-order valence-electron chi connectivity index (χ2n) is 5.61. The van der Waals surface area contributed by atoms with E-state index in [1.165, 1.54) is 5.56 Å². The van der Waals surface area contributed by atoms with Crippen molar-refractivity contribution in [1.82, 2.24) is 9.55 Å². The Morgan fingerprint density at radius 3 is 2.48 bits per heavy atom. The minimum atomic E-state index is 0.382. The third kappa shape index (κ3) is 4.84. The first-order valence-electron chi connectivity index (χ1n) is 7.97. The lowest BCUT2D eigenvalue weighted by molar-refractivity contribution is 0.415. The number of nitrogens with two attached hydrogens (primary N) is 1. The first kappa shape index (κ1) is 16.6. The summed E-state index contributed by atoms with van der Waals surface area (Å²) in [4.78, 5) is 8.42. The van der Waals surface area contributed by atoms with Gasteiger partial charge in [0.2, 0.25) is 0 Å². The first-order chi connectivity index (χ1) is 12.2. The van der Waals surface area contributed by atoms with E-state index >= 15 is 0 Å². The maximum Gasteiger partial charge on any atom is 0.193 e. The summed E-state index contributed by atoms with van der Waals surface area (Å²) in [6, 6.07) is 15.9. The highest BCUT2D eigenvalue weighted by Crippen LogP contribution is 2.14. The summed E-state index contributed by atoms with van der Waals surface area (Å²) in [5.74, 6) is 1.18. The molecule has 3 rings (SSSR count). The molecule has 3 aromatic rings. The van der Waals surface area contributed by atoms with Crippen LogP contribution < -0.4 is 15.8 Å². The van der Waals surface area contributed by atoms with Gasteiger partial charge in [-0.25, -0.2) is 9.98 Å². The van der Waals surface area contributed by atoms with E-state index in [1.54, 1.807) is 13.3 Å². The topological polar surface area (TPSA) is 77.5 Å². The molecule has 6 heteroatoms. The number of nitrogens with zero attached hydrogens (tertiary/aromatic N) is 3. The summed E-state index contributed by atoms with van der Waals surface area (Å²) < 4.78 is 7.16. The summed E-state index contributed by atoms with van der Waals surface area (Å²) >= 11 is 0. The zero-order valence-electron chi connectivity index (χ0n) is 14.1. The zero-order chi connectivity index (χ0) is 17.5. The van der Waals surface area contributed by atoms with Gasteiger partial charge in [-0.05, 0) is 35.4 Å². The smallest absolute Gasteiger partial charge is 0.193 e. The molecule has 3 N–H and O–H groups in total. The molecule has 0 radical (unpaired) electrons. The third-order valence-corrected chi connectivity index (χ3v) is 3.74. The highest BCUT2D eigenvalue weighted by atomic mass is 16.5. The van der Waals surface area contributed by atoms with Crippen molar-refractivity contribution in [1.29, 1.82) is 0 Å². The number of methoxy groups -OCH3 is 1. The molecule has 0 fully saturated rings. The fraction of sp³-hybridized carbons (Fsp3) is 0.158. The molecule has 0 bridgehead atoms. The Morgan fingerprint density at radius 2 is 1.84 bits per heavy atom. The van der Waals surface area contributed by atoms with Crippen molar-refractivity contribution in [2.45, 2.75) is 13.1 Å². The molecule has 0 saturated carbocycles. The second kappa shape index (κ2) is 8.01. The van der Waals surface area contributed by atoms with E-state index in [4.69, 9.17) is 10.5 Å². The van der Waals surface area contributed by atoms with E-state index in [0.717, 1.165) is 23.5 Å². The van der Waals surface area contributed by atoms with E-state index in [1.807, 2.05) is 41.4 Å². The van der Waals surface area contributed by atoms with Crippen molar-refractivity contribution < 1.29 is 4.74 Å². The van der Waals surface area contributed by atoms with Gasteiger partial charge in [-0.1, -0.05) is 24.3 Å². The number of aliphatic imine (C=N–C) groups is 1. The quantitative estimate of drug-likeness (QED) is 0.536.